The standard InChI is InChI=1S/C13H18N4OS/c1-2-3-7-10-14-12-13(17-19(18)16-12)15-11-8-5-4-6-9-11/h4-6,8-9H,2-3,7,10H2,1H3,(H,14,16)(H,15,17). The number of nitrogens with zero attached hydrogens (tertiary/aromatic N) is 2. The average Bonchev–Trinajstić information content (AvgIpc) is 2.76. The van der Waals surface area contributed by atoms with Crippen LogP contribution >= 0.6 is 0 Å². The Bertz CT molecular complexity index is 499. The summed E-state index contributed by atoms with van der Waals surface area (Å²) >= 11 is -1.51. The summed E-state index contributed by atoms with van der Waals surface area (Å²) < 4.78 is 19.3. The van der Waals surface area contributed by atoms with Crippen molar-refractivity contribution >= 4 is 28.5 Å². The number of hydrogen-bond donors (Lipinski definition) is 2. The Kier molecular flexibility index (Phi) is 5.09. The molecule has 0 amide bonds. The van der Waals surface area contributed by atoms with Crippen molar-refractivity contribution in [1.29, 1.82) is 0 Å². The fraction of sp³-hybridized carbons (Fsp3) is 0.385. The van der Waals surface area contributed by atoms with Crippen LogP contribution in [0.15, 0.2) is 39.1 Å². The van der Waals surface area contributed by atoms with E-state index in [9.17, 15) is 4.21 Å². The van der Waals surface area contributed by atoms with Crippen LogP contribution in [0, 0.1) is 0 Å². The summed E-state index contributed by atoms with van der Waals surface area (Å²) in [6, 6.07) is 9.66. The number of benzene rings is 1. The van der Waals surface area contributed by atoms with Crippen LogP contribution in [0.1, 0.15) is 26.2 Å². The van der Waals surface area contributed by atoms with Gasteiger partial charge in [-0.2, -0.15) is 0 Å². The van der Waals surface area contributed by atoms with Crippen molar-refractivity contribution in [1.82, 2.24) is 5.32 Å². The number of unbranched alkanes of at least 4 members (excludes halogenated alkanes) is 2. The number of hydrogen-bond acceptors (Lipinski definition) is 3. The zero-order valence-corrected chi connectivity index (χ0v) is 11.7. The lowest BCUT2D eigenvalue weighted by molar-refractivity contribution is 0.685. The SMILES string of the molecule is CCCCCNC1=NS(=O)N=C1Nc1ccccc1. The smallest absolute Gasteiger partial charge is 0.269 e. The van der Waals surface area contributed by atoms with Gasteiger partial charge in [-0.05, 0) is 18.6 Å². The number of amidine groups is 2. The molecule has 5 nitrogen and oxygen atoms in total. The van der Waals surface area contributed by atoms with Gasteiger partial charge in [0, 0.05) is 12.2 Å². The van der Waals surface area contributed by atoms with Gasteiger partial charge in [0.1, 0.15) is 0 Å². The molecule has 0 aliphatic carbocycles. The second-order valence-corrected chi connectivity index (χ2v) is 5.06. The molecule has 1 aromatic carbocycles. The van der Waals surface area contributed by atoms with Crippen LogP contribution in [0.5, 0.6) is 0 Å². The van der Waals surface area contributed by atoms with Crippen molar-refractivity contribution in [2.75, 3.05) is 11.9 Å². The van der Waals surface area contributed by atoms with E-state index in [1.165, 1.54) is 12.8 Å². The monoisotopic (exact) mass is 278 g/mol. The maximum absolute atomic E-state index is 11.4. The number of nitrogens with one attached hydrogen (secondary N) is 2. The van der Waals surface area contributed by atoms with E-state index < -0.39 is 11.2 Å². The van der Waals surface area contributed by atoms with Gasteiger partial charge >= 0.3 is 0 Å². The van der Waals surface area contributed by atoms with Gasteiger partial charge in [-0.15, -0.1) is 8.80 Å². The normalized spacial score (nSPS) is 17.8. The van der Waals surface area contributed by atoms with Crippen LogP contribution in [0.25, 0.3) is 0 Å². The molecule has 1 heterocycles. The van der Waals surface area contributed by atoms with E-state index >= 15 is 0 Å². The van der Waals surface area contributed by atoms with Gasteiger partial charge < -0.3 is 10.6 Å². The molecule has 0 saturated carbocycles. The van der Waals surface area contributed by atoms with Gasteiger partial charge in [0.25, 0.3) is 11.2 Å². The first kappa shape index (κ1) is 13.7. The molecule has 1 aliphatic rings. The number of anilines is 1. The van der Waals surface area contributed by atoms with Crippen LogP contribution in [0.3, 0.4) is 0 Å². The number of rotatable bonds is 5. The molecule has 0 bridgehead atoms. The van der Waals surface area contributed by atoms with Gasteiger partial charge in [0.15, 0.2) is 11.7 Å². The van der Waals surface area contributed by atoms with E-state index in [0.29, 0.717) is 11.7 Å². The molecule has 1 atom stereocenters. The molecule has 0 saturated heterocycles. The Morgan fingerprint density at radius 1 is 1.11 bits per heavy atom. The Balaban J connectivity index is 1.94. The predicted octanol–water partition coefficient (Wildman–Crippen LogP) is 2.27. The molecular weight excluding hydrogens is 260 g/mol. The summed E-state index contributed by atoms with van der Waals surface area (Å²) in [5.74, 6) is 1.12. The fourth-order valence-corrected chi connectivity index (χ4v) is 2.34. The van der Waals surface area contributed by atoms with Crippen LogP contribution in [0.2, 0.25) is 0 Å². The predicted molar refractivity (Wildman–Crippen MR) is 80.6 cm³/mol. The summed E-state index contributed by atoms with van der Waals surface area (Å²) in [6.45, 7) is 2.98. The van der Waals surface area contributed by atoms with Crippen molar-refractivity contribution in [3.8, 4) is 0 Å². The molecule has 0 radical (unpaired) electrons. The Morgan fingerprint density at radius 3 is 2.58 bits per heavy atom. The van der Waals surface area contributed by atoms with Crippen LogP contribution in [-0.2, 0) is 11.2 Å². The first-order valence-electron chi connectivity index (χ1n) is 6.45. The Morgan fingerprint density at radius 2 is 1.84 bits per heavy atom. The minimum atomic E-state index is -1.51. The lowest BCUT2D eigenvalue weighted by Crippen LogP contribution is -2.34. The Hall–Kier alpha value is -1.69. The van der Waals surface area contributed by atoms with Crippen LogP contribution < -0.4 is 10.6 Å². The van der Waals surface area contributed by atoms with E-state index in [4.69, 9.17) is 0 Å². The summed E-state index contributed by atoms with van der Waals surface area (Å²) in [5.41, 5.74) is 0.906. The van der Waals surface area contributed by atoms with E-state index in [1.807, 2.05) is 30.3 Å². The second kappa shape index (κ2) is 7.04. The van der Waals surface area contributed by atoms with Gasteiger partial charge in [-0.3, -0.25) is 0 Å². The molecule has 102 valence electrons. The molecule has 0 spiro atoms. The minimum Gasteiger partial charge on any atom is -0.366 e. The van der Waals surface area contributed by atoms with E-state index in [-0.39, 0.29) is 0 Å². The van der Waals surface area contributed by atoms with E-state index in [0.717, 1.165) is 18.7 Å². The lowest BCUT2D eigenvalue weighted by Gasteiger charge is -2.09. The molecule has 1 unspecified atom stereocenters. The maximum Gasteiger partial charge on any atom is 0.269 e. The third-order valence-corrected chi connectivity index (χ3v) is 3.35. The fourth-order valence-electron chi connectivity index (χ4n) is 1.70. The largest absolute Gasteiger partial charge is 0.366 e. The third kappa shape index (κ3) is 4.17. The Labute approximate surface area is 116 Å². The molecular formula is C13H18N4OS. The molecule has 1 aromatic rings. The van der Waals surface area contributed by atoms with Crippen molar-refractivity contribution < 1.29 is 4.21 Å². The van der Waals surface area contributed by atoms with E-state index in [1.54, 1.807) is 0 Å². The third-order valence-electron chi connectivity index (χ3n) is 2.67. The summed E-state index contributed by atoms with van der Waals surface area (Å²) in [7, 11) is 0. The van der Waals surface area contributed by atoms with E-state index in [2.05, 4.69) is 26.4 Å². The topological polar surface area (TPSA) is 65.8 Å². The highest BCUT2D eigenvalue weighted by Crippen LogP contribution is 2.09. The average molecular weight is 278 g/mol. The highest BCUT2D eigenvalue weighted by atomic mass is 32.2. The van der Waals surface area contributed by atoms with Crippen molar-refractivity contribution in [2.45, 2.75) is 26.2 Å². The first-order chi connectivity index (χ1) is 9.29. The zero-order chi connectivity index (χ0) is 13.5. The highest BCUT2D eigenvalue weighted by Gasteiger charge is 2.18. The minimum absolute atomic E-state index is 0.543. The molecule has 0 aromatic heterocycles. The quantitative estimate of drug-likeness (QED) is 0.812. The van der Waals surface area contributed by atoms with Gasteiger partial charge in [0.2, 0.25) is 0 Å². The van der Waals surface area contributed by atoms with Crippen LogP contribution in [0.4, 0.5) is 5.69 Å². The molecule has 2 rings (SSSR count). The molecule has 0 fully saturated rings. The summed E-state index contributed by atoms with van der Waals surface area (Å²) in [5, 5.41) is 6.31. The second-order valence-electron chi connectivity index (χ2n) is 4.24. The summed E-state index contributed by atoms with van der Waals surface area (Å²) in [6.07, 6.45) is 3.41. The van der Waals surface area contributed by atoms with Crippen molar-refractivity contribution in [3.05, 3.63) is 30.3 Å². The van der Waals surface area contributed by atoms with Gasteiger partial charge in [-0.1, -0.05) is 38.0 Å². The lowest BCUT2D eigenvalue weighted by atomic mass is 10.2. The molecule has 2 N–H and O–H groups in total. The van der Waals surface area contributed by atoms with Gasteiger partial charge in [-0.25, -0.2) is 4.21 Å². The molecule has 1 aliphatic heterocycles. The van der Waals surface area contributed by atoms with Crippen molar-refractivity contribution in [2.24, 2.45) is 8.80 Å². The van der Waals surface area contributed by atoms with Gasteiger partial charge in [0.05, 0.1) is 0 Å². The maximum atomic E-state index is 11.4. The molecule has 19 heavy (non-hydrogen) atoms. The van der Waals surface area contributed by atoms with Crippen LogP contribution in [-0.4, -0.2) is 22.4 Å². The number of para-hydroxylation sites is 1. The zero-order valence-electron chi connectivity index (χ0n) is 10.9. The first-order valence-corrected chi connectivity index (χ1v) is 7.51. The summed E-state index contributed by atoms with van der Waals surface area (Å²) in [4.78, 5) is 0. The molecule has 6 heteroatoms. The highest BCUT2D eigenvalue weighted by molar-refractivity contribution is 7.83. The van der Waals surface area contributed by atoms with Crippen molar-refractivity contribution in [3.63, 3.8) is 0 Å².